The van der Waals surface area contributed by atoms with Gasteiger partial charge in [0, 0.05) is 12.1 Å². The van der Waals surface area contributed by atoms with E-state index in [4.69, 9.17) is 10.2 Å². The molecule has 72 valence electrons. The average molecular weight is 190 g/mol. The number of hydrogen-bond acceptors (Lipinski definition) is 3. The van der Waals surface area contributed by atoms with Crippen molar-refractivity contribution >= 4 is 0 Å². The summed E-state index contributed by atoms with van der Waals surface area (Å²) in [4.78, 5) is 14.1. The molecule has 0 aromatic carbocycles. The van der Waals surface area contributed by atoms with Gasteiger partial charge in [-0.2, -0.15) is 0 Å². The van der Waals surface area contributed by atoms with Crippen LogP contribution >= 0.6 is 0 Å². The Labute approximate surface area is 80.4 Å². The number of aromatic nitrogens is 1. The van der Waals surface area contributed by atoms with Crippen LogP contribution in [0.3, 0.4) is 0 Å². The van der Waals surface area contributed by atoms with E-state index < -0.39 is 0 Å². The standard InChI is InChI=1S/C10H10N2O2/c11-6-7-3-4-8(12-10(7)13)9-2-1-5-14-9/h1-5H,6,11H2,(H,12,13). The lowest BCUT2D eigenvalue weighted by atomic mass is 10.2. The Morgan fingerprint density at radius 3 is 2.79 bits per heavy atom. The first-order valence-corrected chi connectivity index (χ1v) is 4.27. The zero-order chi connectivity index (χ0) is 9.97. The monoisotopic (exact) mass is 190 g/mol. The summed E-state index contributed by atoms with van der Waals surface area (Å²) in [7, 11) is 0. The Balaban J connectivity index is 2.48. The van der Waals surface area contributed by atoms with Crippen LogP contribution < -0.4 is 11.3 Å². The number of nitrogens with two attached hydrogens (primary N) is 1. The third-order valence-electron chi connectivity index (χ3n) is 2.00. The van der Waals surface area contributed by atoms with Crippen molar-refractivity contribution in [2.45, 2.75) is 6.54 Å². The van der Waals surface area contributed by atoms with Crippen LogP contribution in [-0.4, -0.2) is 4.98 Å². The highest BCUT2D eigenvalue weighted by Gasteiger charge is 2.03. The summed E-state index contributed by atoms with van der Waals surface area (Å²) in [6.45, 7) is 0.244. The number of aromatic amines is 1. The second kappa shape index (κ2) is 3.51. The van der Waals surface area contributed by atoms with Crippen molar-refractivity contribution in [1.29, 1.82) is 0 Å². The van der Waals surface area contributed by atoms with E-state index in [1.807, 2.05) is 0 Å². The molecule has 0 aliphatic heterocycles. The first-order valence-electron chi connectivity index (χ1n) is 4.27. The lowest BCUT2D eigenvalue weighted by Gasteiger charge is -1.98. The summed E-state index contributed by atoms with van der Waals surface area (Å²) >= 11 is 0. The predicted octanol–water partition coefficient (Wildman–Crippen LogP) is 1.09. The molecule has 0 bridgehead atoms. The SMILES string of the molecule is NCc1ccc(-c2ccco2)[nH]c1=O. The minimum absolute atomic E-state index is 0.165. The molecule has 2 aromatic rings. The van der Waals surface area contributed by atoms with E-state index in [0.717, 1.165) is 0 Å². The number of furan rings is 1. The Kier molecular flexibility index (Phi) is 2.20. The quantitative estimate of drug-likeness (QED) is 0.744. The number of hydrogen-bond donors (Lipinski definition) is 2. The molecule has 2 rings (SSSR count). The summed E-state index contributed by atoms with van der Waals surface area (Å²) in [6, 6.07) is 7.04. The van der Waals surface area contributed by atoms with Gasteiger partial charge in [-0.15, -0.1) is 0 Å². The van der Waals surface area contributed by atoms with E-state index >= 15 is 0 Å². The molecule has 0 saturated heterocycles. The molecule has 4 nitrogen and oxygen atoms in total. The molecule has 2 aromatic heterocycles. The van der Waals surface area contributed by atoms with E-state index in [1.165, 1.54) is 0 Å². The first-order chi connectivity index (χ1) is 6.81. The second-order valence-corrected chi connectivity index (χ2v) is 2.91. The third-order valence-corrected chi connectivity index (χ3v) is 2.00. The highest BCUT2D eigenvalue weighted by molar-refractivity contribution is 5.51. The van der Waals surface area contributed by atoms with Gasteiger partial charge in [-0.25, -0.2) is 0 Å². The number of nitrogens with one attached hydrogen (secondary N) is 1. The van der Waals surface area contributed by atoms with Crippen molar-refractivity contribution in [2.24, 2.45) is 5.73 Å². The van der Waals surface area contributed by atoms with Crippen LogP contribution in [0.5, 0.6) is 0 Å². The summed E-state index contributed by atoms with van der Waals surface area (Å²) < 4.78 is 5.15. The van der Waals surface area contributed by atoms with Crippen molar-refractivity contribution in [3.63, 3.8) is 0 Å². The van der Waals surface area contributed by atoms with Crippen molar-refractivity contribution < 1.29 is 4.42 Å². The summed E-state index contributed by atoms with van der Waals surface area (Å²) in [5.74, 6) is 0.644. The van der Waals surface area contributed by atoms with Gasteiger partial charge in [-0.05, 0) is 18.2 Å². The van der Waals surface area contributed by atoms with Gasteiger partial charge in [-0.1, -0.05) is 6.07 Å². The van der Waals surface area contributed by atoms with Crippen LogP contribution in [0, 0.1) is 0 Å². The minimum atomic E-state index is -0.165. The second-order valence-electron chi connectivity index (χ2n) is 2.91. The third kappa shape index (κ3) is 1.47. The molecule has 0 amide bonds. The molecule has 0 aliphatic rings. The van der Waals surface area contributed by atoms with Crippen molar-refractivity contribution in [3.8, 4) is 11.5 Å². The molecule has 0 unspecified atom stereocenters. The molecule has 14 heavy (non-hydrogen) atoms. The normalized spacial score (nSPS) is 10.4. The maximum atomic E-state index is 11.4. The summed E-state index contributed by atoms with van der Waals surface area (Å²) in [5.41, 5.74) is 6.44. The van der Waals surface area contributed by atoms with Crippen molar-refractivity contribution in [2.75, 3.05) is 0 Å². The van der Waals surface area contributed by atoms with Crippen molar-refractivity contribution in [1.82, 2.24) is 4.98 Å². The zero-order valence-electron chi connectivity index (χ0n) is 7.49. The van der Waals surface area contributed by atoms with E-state index in [0.29, 0.717) is 17.0 Å². The Morgan fingerprint density at radius 2 is 2.21 bits per heavy atom. The van der Waals surface area contributed by atoms with E-state index in [9.17, 15) is 4.79 Å². The average Bonchev–Trinajstić information content (AvgIpc) is 2.70. The maximum Gasteiger partial charge on any atom is 0.252 e. The highest BCUT2D eigenvalue weighted by atomic mass is 16.3. The van der Waals surface area contributed by atoms with Crippen molar-refractivity contribution in [3.05, 3.63) is 46.4 Å². The Hall–Kier alpha value is -1.81. The maximum absolute atomic E-state index is 11.4. The van der Waals surface area contributed by atoms with Gasteiger partial charge in [-0.3, -0.25) is 4.79 Å². The lowest BCUT2D eigenvalue weighted by Crippen LogP contribution is -2.15. The molecular formula is C10H10N2O2. The van der Waals surface area contributed by atoms with Gasteiger partial charge in [0.2, 0.25) is 0 Å². The molecule has 0 radical (unpaired) electrons. The molecule has 2 heterocycles. The fraction of sp³-hybridized carbons (Fsp3) is 0.100. The number of rotatable bonds is 2. The van der Waals surface area contributed by atoms with Gasteiger partial charge in [0.15, 0.2) is 0 Å². The number of pyridine rings is 1. The van der Waals surface area contributed by atoms with Gasteiger partial charge in [0.1, 0.15) is 5.76 Å². The topological polar surface area (TPSA) is 72.0 Å². The molecule has 0 atom stereocenters. The van der Waals surface area contributed by atoms with Gasteiger partial charge < -0.3 is 15.1 Å². The van der Waals surface area contributed by atoms with E-state index in [1.54, 1.807) is 30.5 Å². The molecular weight excluding hydrogens is 180 g/mol. The molecule has 0 aliphatic carbocycles. The first kappa shape index (κ1) is 8.77. The van der Waals surface area contributed by atoms with Gasteiger partial charge in [0.25, 0.3) is 5.56 Å². The molecule has 4 heteroatoms. The molecule has 0 saturated carbocycles. The lowest BCUT2D eigenvalue weighted by molar-refractivity contribution is 0.579. The van der Waals surface area contributed by atoms with Crippen LogP contribution in [0.15, 0.2) is 39.7 Å². The fourth-order valence-electron chi connectivity index (χ4n) is 1.24. The highest BCUT2D eigenvalue weighted by Crippen LogP contribution is 2.15. The number of H-pyrrole nitrogens is 1. The largest absolute Gasteiger partial charge is 0.463 e. The fourth-order valence-corrected chi connectivity index (χ4v) is 1.24. The van der Waals surface area contributed by atoms with Crippen LogP contribution in [0.1, 0.15) is 5.56 Å². The predicted molar refractivity (Wildman–Crippen MR) is 52.7 cm³/mol. The summed E-state index contributed by atoms with van der Waals surface area (Å²) in [6.07, 6.45) is 1.56. The molecule has 3 N–H and O–H groups in total. The molecule has 0 fully saturated rings. The van der Waals surface area contributed by atoms with Gasteiger partial charge >= 0.3 is 0 Å². The molecule has 0 spiro atoms. The van der Waals surface area contributed by atoms with E-state index in [-0.39, 0.29) is 12.1 Å². The minimum Gasteiger partial charge on any atom is -0.463 e. The Bertz CT molecular complexity index is 471. The van der Waals surface area contributed by atoms with Crippen LogP contribution in [0.2, 0.25) is 0 Å². The Morgan fingerprint density at radius 1 is 1.36 bits per heavy atom. The summed E-state index contributed by atoms with van der Waals surface area (Å²) in [5, 5.41) is 0. The van der Waals surface area contributed by atoms with Crippen LogP contribution in [0.25, 0.3) is 11.5 Å². The smallest absolute Gasteiger partial charge is 0.252 e. The zero-order valence-corrected chi connectivity index (χ0v) is 7.49. The van der Waals surface area contributed by atoms with Crippen LogP contribution in [0.4, 0.5) is 0 Å². The van der Waals surface area contributed by atoms with Gasteiger partial charge in [0.05, 0.1) is 12.0 Å². The van der Waals surface area contributed by atoms with Crippen LogP contribution in [-0.2, 0) is 6.54 Å². The van der Waals surface area contributed by atoms with E-state index in [2.05, 4.69) is 4.98 Å².